The number of nitrogen functional groups attached to an aromatic ring is 2. The third-order valence-corrected chi connectivity index (χ3v) is 10.6. The van der Waals surface area contributed by atoms with E-state index in [-0.39, 0.29) is 23.7 Å². The van der Waals surface area contributed by atoms with Gasteiger partial charge in [-0.25, -0.2) is 0 Å². The third kappa shape index (κ3) is 12.4. The molecule has 0 saturated carbocycles. The first-order chi connectivity index (χ1) is 32.6. The number of anilines is 6. The van der Waals surface area contributed by atoms with Crippen molar-refractivity contribution in [3.8, 4) is 58.1 Å². The zero-order chi connectivity index (χ0) is 47.3. The lowest BCUT2D eigenvalue weighted by atomic mass is 9.90. The number of rotatable bonds is 14. The van der Waals surface area contributed by atoms with Crippen molar-refractivity contribution in [3.05, 3.63) is 118 Å². The molecule has 0 atom stereocenters. The van der Waals surface area contributed by atoms with Crippen molar-refractivity contribution in [2.75, 3.05) is 35.3 Å². The Morgan fingerprint density at radius 1 is 0.612 bits per heavy atom. The highest BCUT2D eigenvalue weighted by molar-refractivity contribution is 6.32. The van der Waals surface area contributed by atoms with E-state index >= 15 is 0 Å². The normalized spacial score (nSPS) is 11.5. The van der Waals surface area contributed by atoms with Gasteiger partial charge in [0.2, 0.25) is 23.7 Å². The van der Waals surface area contributed by atoms with Gasteiger partial charge in [-0.3, -0.25) is 10.2 Å². The molecule has 19 heteroatoms. The van der Waals surface area contributed by atoms with Gasteiger partial charge in [-0.15, -0.1) is 10.2 Å². The first-order valence-corrected chi connectivity index (χ1v) is 22.3. The number of hydrogen-bond acceptors (Lipinski definition) is 16. The van der Waals surface area contributed by atoms with E-state index in [1.54, 1.807) is 18.2 Å². The van der Waals surface area contributed by atoms with Crippen LogP contribution in [0.5, 0.6) is 35.3 Å². The smallest absolute Gasteiger partial charge is 0.321 e. The summed E-state index contributed by atoms with van der Waals surface area (Å²) in [4.78, 5) is 25.5. The number of H-pyrrole nitrogens is 2. The van der Waals surface area contributed by atoms with Crippen LogP contribution in [0.2, 0.25) is 5.02 Å². The number of benzene rings is 4. The fourth-order valence-corrected chi connectivity index (χ4v) is 7.11. The van der Waals surface area contributed by atoms with Crippen LogP contribution < -0.4 is 41.0 Å². The van der Waals surface area contributed by atoms with Crippen LogP contribution in [-0.4, -0.2) is 63.5 Å². The van der Waals surface area contributed by atoms with Crippen LogP contribution >= 0.6 is 11.6 Å². The van der Waals surface area contributed by atoms with Crippen LogP contribution in [0.3, 0.4) is 0 Å². The van der Waals surface area contributed by atoms with E-state index in [0.29, 0.717) is 60.0 Å². The van der Waals surface area contributed by atoms with Crippen LogP contribution in [0.15, 0.2) is 91.0 Å². The zero-order valence-electron chi connectivity index (χ0n) is 38.1. The second-order valence-electron chi connectivity index (χ2n) is 14.8. The van der Waals surface area contributed by atoms with E-state index in [2.05, 4.69) is 79.1 Å². The Hall–Kier alpha value is -7.99. The van der Waals surface area contributed by atoms with Gasteiger partial charge in [0.15, 0.2) is 11.6 Å². The van der Waals surface area contributed by atoms with Gasteiger partial charge in [0.1, 0.15) is 23.1 Å². The molecule has 67 heavy (non-hydrogen) atoms. The molecule has 1 aliphatic rings. The maximum absolute atomic E-state index is 6.24. The topological polar surface area (TPSA) is 248 Å². The average molecular weight is 925 g/mol. The number of nitrogens with two attached hydrogens (primary N) is 2. The van der Waals surface area contributed by atoms with E-state index in [1.807, 2.05) is 90.1 Å². The molecular weight excluding hydrogens is 872 g/mol. The number of ether oxygens (including phenoxy) is 4. The SMILES string of the molecule is CC.CCOc1nc(N)cc(Oc2ccc(-c3nc(Nc4cc(C)c(Cl)c(C)c4)n[nH]3)cc2)n1.CCOc1nc(N)cc(Oc2ccc(-c3nc(Nc4cccc5c4CCCC5)n[nH]3)cc2)n1. The van der Waals surface area contributed by atoms with Crippen LogP contribution in [0.4, 0.5) is 34.9 Å². The number of halogens is 1. The van der Waals surface area contributed by atoms with Gasteiger partial charge in [0.05, 0.1) is 13.2 Å². The molecule has 0 bridgehead atoms. The molecule has 8 N–H and O–H groups in total. The molecule has 1 aliphatic carbocycles. The molecule has 4 aromatic carbocycles. The molecule has 18 nitrogen and oxygen atoms in total. The number of aryl methyl sites for hydroxylation is 3. The third-order valence-electron chi connectivity index (χ3n) is 9.96. The van der Waals surface area contributed by atoms with Crippen LogP contribution in [-0.2, 0) is 12.8 Å². The van der Waals surface area contributed by atoms with Gasteiger partial charge in [0.25, 0.3) is 0 Å². The lowest BCUT2D eigenvalue weighted by Gasteiger charge is -2.19. The highest BCUT2D eigenvalue weighted by atomic mass is 35.5. The Bertz CT molecular complexity index is 2870. The van der Waals surface area contributed by atoms with Crippen LogP contribution in [0.1, 0.15) is 62.8 Å². The molecule has 0 unspecified atom stereocenters. The number of hydrogen-bond donors (Lipinski definition) is 6. The number of fused-ring (bicyclic) bond motifs is 1. The zero-order valence-corrected chi connectivity index (χ0v) is 38.9. The van der Waals surface area contributed by atoms with Crippen molar-refractivity contribution < 1.29 is 18.9 Å². The number of nitrogens with one attached hydrogen (secondary N) is 4. The summed E-state index contributed by atoms with van der Waals surface area (Å²) in [6.07, 6.45) is 4.68. The Morgan fingerprint density at radius 2 is 1.10 bits per heavy atom. The van der Waals surface area contributed by atoms with E-state index in [1.165, 1.54) is 30.0 Å². The molecule has 0 spiro atoms. The van der Waals surface area contributed by atoms with Crippen LogP contribution in [0.25, 0.3) is 22.8 Å². The van der Waals surface area contributed by atoms with E-state index in [0.717, 1.165) is 51.5 Å². The predicted octanol–water partition coefficient (Wildman–Crippen LogP) is 10.7. The maximum atomic E-state index is 6.24. The standard InChI is InChI=1S/C24H25N7O2.C22H22ClN7O2.C2H6/c1-2-32-24-27-20(25)14-21(28-24)33-17-12-10-16(11-13-17)22-29-23(31-30-22)26-19-9-5-7-15-6-3-4-8-18(15)19;1-4-31-22-26-17(24)11-18(27-22)32-16-7-5-14(6-8-16)20-28-21(30-29-20)25-15-9-12(2)19(23)13(3)10-15;1-2/h5,7,9-14H,2-4,6,8H2,1H3,(H2,25,27,28)(H2,26,29,30,31);5-11H,4H2,1-3H3,(H2,24,26,27)(H2,25,28,29,30);1-2H3. The maximum Gasteiger partial charge on any atom is 0.321 e. The molecule has 4 heterocycles. The number of nitrogens with zero attached hydrogens (tertiary/aromatic N) is 8. The van der Waals surface area contributed by atoms with Gasteiger partial charge in [-0.2, -0.15) is 29.9 Å². The summed E-state index contributed by atoms with van der Waals surface area (Å²) < 4.78 is 22.2. The molecule has 0 aliphatic heterocycles. The second-order valence-corrected chi connectivity index (χ2v) is 15.2. The second kappa shape index (κ2) is 22.3. The molecule has 9 rings (SSSR count). The largest absolute Gasteiger partial charge is 0.464 e. The van der Waals surface area contributed by atoms with E-state index < -0.39 is 0 Å². The average Bonchev–Trinajstić information content (AvgIpc) is 4.00. The molecule has 0 amide bonds. The minimum atomic E-state index is 0.173. The minimum Gasteiger partial charge on any atom is -0.464 e. The van der Waals surface area contributed by atoms with Gasteiger partial charge < -0.3 is 41.0 Å². The van der Waals surface area contributed by atoms with Crippen LogP contribution in [0, 0.1) is 13.8 Å². The Kier molecular flexibility index (Phi) is 15.6. The minimum absolute atomic E-state index is 0.173. The molecule has 8 aromatic rings. The lowest BCUT2D eigenvalue weighted by molar-refractivity contribution is 0.306. The number of aromatic nitrogens is 10. The molecular formula is C48H53ClN14O4. The fourth-order valence-electron chi connectivity index (χ4n) is 7.00. The van der Waals surface area contributed by atoms with E-state index in [4.69, 9.17) is 42.0 Å². The van der Waals surface area contributed by atoms with Gasteiger partial charge in [-0.1, -0.05) is 37.6 Å². The van der Waals surface area contributed by atoms with Crippen molar-refractivity contribution in [2.45, 2.75) is 67.2 Å². The summed E-state index contributed by atoms with van der Waals surface area (Å²) in [5.41, 5.74) is 20.0. The van der Waals surface area contributed by atoms with Gasteiger partial charge >= 0.3 is 12.0 Å². The highest BCUT2D eigenvalue weighted by Crippen LogP contribution is 2.32. The van der Waals surface area contributed by atoms with Crippen molar-refractivity contribution in [2.24, 2.45) is 0 Å². The predicted molar refractivity (Wildman–Crippen MR) is 261 cm³/mol. The highest BCUT2D eigenvalue weighted by Gasteiger charge is 2.16. The van der Waals surface area contributed by atoms with Crippen molar-refractivity contribution in [1.29, 1.82) is 0 Å². The summed E-state index contributed by atoms with van der Waals surface area (Å²) in [5, 5.41) is 21.8. The fraction of sp³-hybridized carbons (Fsp3) is 0.250. The van der Waals surface area contributed by atoms with Crippen molar-refractivity contribution >= 4 is 46.5 Å². The molecule has 0 saturated heterocycles. The molecule has 346 valence electrons. The molecule has 0 fully saturated rings. The molecule has 4 aromatic heterocycles. The van der Waals surface area contributed by atoms with E-state index in [9.17, 15) is 0 Å². The summed E-state index contributed by atoms with van der Waals surface area (Å²) in [6, 6.07) is 28.5. The van der Waals surface area contributed by atoms with Gasteiger partial charge in [0, 0.05) is 39.7 Å². The summed E-state index contributed by atoms with van der Waals surface area (Å²) >= 11 is 6.24. The quantitative estimate of drug-likeness (QED) is 0.0593. The Morgan fingerprint density at radius 3 is 1.61 bits per heavy atom. The van der Waals surface area contributed by atoms with Gasteiger partial charge in [-0.05, 0) is 142 Å². The monoisotopic (exact) mass is 924 g/mol. The van der Waals surface area contributed by atoms with Crippen molar-refractivity contribution in [1.82, 2.24) is 50.3 Å². The Labute approximate surface area is 393 Å². The Balaban J connectivity index is 0.000000192. The van der Waals surface area contributed by atoms with Crippen molar-refractivity contribution in [3.63, 3.8) is 0 Å². The summed E-state index contributed by atoms with van der Waals surface area (Å²) in [5.74, 6) is 4.64. The first-order valence-electron chi connectivity index (χ1n) is 22.0. The lowest BCUT2D eigenvalue weighted by Crippen LogP contribution is -2.06. The number of aromatic amines is 2. The molecule has 0 radical (unpaired) electrons. The summed E-state index contributed by atoms with van der Waals surface area (Å²) in [7, 11) is 0. The first kappa shape index (κ1) is 47.0. The summed E-state index contributed by atoms with van der Waals surface area (Å²) in [6.45, 7) is 12.5.